The Balaban J connectivity index is 2.31. The zero-order chi connectivity index (χ0) is 13.6. The third kappa shape index (κ3) is 2.15. The van der Waals surface area contributed by atoms with Crippen molar-refractivity contribution in [2.24, 2.45) is 5.73 Å². The molecular formula is C10H17N3O4S. The Bertz CT molecular complexity index is 541. The molecule has 0 spiro atoms. The Morgan fingerprint density at radius 3 is 2.72 bits per heavy atom. The second-order valence-electron chi connectivity index (χ2n) is 4.97. The fourth-order valence-electron chi connectivity index (χ4n) is 1.73. The highest BCUT2D eigenvalue weighted by molar-refractivity contribution is 7.90. The van der Waals surface area contributed by atoms with Gasteiger partial charge in [0.2, 0.25) is 5.89 Å². The molecule has 1 aliphatic heterocycles. The van der Waals surface area contributed by atoms with Gasteiger partial charge in [0.15, 0.2) is 15.7 Å². The molecule has 0 bridgehead atoms. The normalized spacial score (nSPS) is 30.6. The Kier molecular flexibility index (Phi) is 3.20. The molecule has 1 fully saturated rings. The van der Waals surface area contributed by atoms with Crippen LogP contribution < -0.4 is 5.73 Å². The SMILES string of the molecule is CC(c1noc(C2(C)COCC2N)n1)S(C)(=O)=O. The molecule has 0 aliphatic carbocycles. The van der Waals surface area contributed by atoms with E-state index in [4.69, 9.17) is 15.0 Å². The first-order valence-electron chi connectivity index (χ1n) is 5.61. The molecule has 2 heterocycles. The second-order valence-corrected chi connectivity index (χ2v) is 7.33. The minimum atomic E-state index is -3.25. The summed E-state index contributed by atoms with van der Waals surface area (Å²) in [7, 11) is -3.25. The Morgan fingerprint density at radius 1 is 1.56 bits per heavy atom. The quantitative estimate of drug-likeness (QED) is 0.813. The van der Waals surface area contributed by atoms with Crippen LogP contribution in [0.1, 0.15) is 30.8 Å². The summed E-state index contributed by atoms with van der Waals surface area (Å²) in [6.45, 7) is 4.21. The maximum atomic E-state index is 11.4. The van der Waals surface area contributed by atoms with Crippen LogP contribution in [0.15, 0.2) is 4.52 Å². The van der Waals surface area contributed by atoms with Crippen LogP contribution in [-0.2, 0) is 20.0 Å². The molecule has 0 amide bonds. The molecular weight excluding hydrogens is 258 g/mol. The lowest BCUT2D eigenvalue weighted by Crippen LogP contribution is -2.42. The summed E-state index contributed by atoms with van der Waals surface area (Å²) >= 11 is 0. The Labute approximate surface area is 106 Å². The summed E-state index contributed by atoms with van der Waals surface area (Å²) in [4.78, 5) is 4.16. The molecule has 1 saturated heterocycles. The average molecular weight is 275 g/mol. The van der Waals surface area contributed by atoms with E-state index in [1.54, 1.807) is 0 Å². The molecule has 2 rings (SSSR count). The summed E-state index contributed by atoms with van der Waals surface area (Å²) in [5.41, 5.74) is 5.39. The summed E-state index contributed by atoms with van der Waals surface area (Å²) < 4.78 is 33.3. The van der Waals surface area contributed by atoms with Gasteiger partial charge in [-0.2, -0.15) is 4.98 Å². The van der Waals surface area contributed by atoms with Crippen LogP contribution in [0, 0.1) is 0 Å². The molecule has 1 aromatic heterocycles. The van der Waals surface area contributed by atoms with Gasteiger partial charge in [-0.3, -0.25) is 0 Å². The predicted octanol–water partition coefficient (Wildman–Crippen LogP) is -0.210. The zero-order valence-corrected chi connectivity index (χ0v) is 11.4. The van der Waals surface area contributed by atoms with Crippen molar-refractivity contribution >= 4 is 9.84 Å². The lowest BCUT2D eigenvalue weighted by atomic mass is 9.86. The summed E-state index contributed by atoms with van der Waals surface area (Å²) in [6, 6.07) is -0.237. The van der Waals surface area contributed by atoms with Gasteiger partial charge < -0.3 is 15.0 Å². The second kappa shape index (κ2) is 4.29. The number of aromatic nitrogens is 2. The van der Waals surface area contributed by atoms with E-state index in [2.05, 4.69) is 10.1 Å². The van der Waals surface area contributed by atoms with Gasteiger partial charge in [-0.05, 0) is 13.8 Å². The fraction of sp³-hybridized carbons (Fsp3) is 0.800. The van der Waals surface area contributed by atoms with Gasteiger partial charge in [-0.1, -0.05) is 5.16 Å². The molecule has 1 aliphatic rings. The molecule has 1 aromatic rings. The smallest absolute Gasteiger partial charge is 0.236 e. The minimum absolute atomic E-state index is 0.160. The molecule has 0 radical (unpaired) electrons. The highest BCUT2D eigenvalue weighted by Crippen LogP contribution is 2.31. The lowest BCUT2D eigenvalue weighted by molar-refractivity contribution is 0.169. The molecule has 0 aromatic carbocycles. The van der Waals surface area contributed by atoms with Crippen molar-refractivity contribution in [2.45, 2.75) is 30.6 Å². The van der Waals surface area contributed by atoms with Crippen molar-refractivity contribution in [3.63, 3.8) is 0 Å². The van der Waals surface area contributed by atoms with E-state index in [0.717, 1.165) is 6.26 Å². The van der Waals surface area contributed by atoms with Crippen molar-refractivity contribution in [1.29, 1.82) is 0 Å². The van der Waals surface area contributed by atoms with Gasteiger partial charge in [-0.15, -0.1) is 0 Å². The average Bonchev–Trinajstić information content (AvgIpc) is 2.85. The van der Waals surface area contributed by atoms with Crippen LogP contribution in [-0.4, -0.2) is 44.1 Å². The summed E-state index contributed by atoms with van der Waals surface area (Å²) in [6.07, 6.45) is 1.14. The van der Waals surface area contributed by atoms with E-state index >= 15 is 0 Å². The maximum absolute atomic E-state index is 11.4. The molecule has 3 atom stereocenters. The lowest BCUT2D eigenvalue weighted by Gasteiger charge is -2.21. The molecule has 18 heavy (non-hydrogen) atoms. The predicted molar refractivity (Wildman–Crippen MR) is 63.7 cm³/mol. The topological polar surface area (TPSA) is 108 Å². The van der Waals surface area contributed by atoms with E-state index in [1.807, 2.05) is 6.92 Å². The highest BCUT2D eigenvalue weighted by Gasteiger charge is 2.44. The number of sulfone groups is 1. The van der Waals surface area contributed by atoms with Crippen molar-refractivity contribution in [1.82, 2.24) is 10.1 Å². The number of ether oxygens (including phenoxy) is 1. The van der Waals surface area contributed by atoms with Crippen molar-refractivity contribution in [2.75, 3.05) is 19.5 Å². The number of rotatable bonds is 3. The third-order valence-electron chi connectivity index (χ3n) is 3.45. The van der Waals surface area contributed by atoms with E-state index in [0.29, 0.717) is 19.1 Å². The fourth-order valence-corrected chi connectivity index (χ4v) is 2.21. The van der Waals surface area contributed by atoms with Crippen LogP contribution in [0.3, 0.4) is 0 Å². The van der Waals surface area contributed by atoms with Crippen LogP contribution in [0.2, 0.25) is 0 Å². The first kappa shape index (κ1) is 13.4. The van der Waals surface area contributed by atoms with Gasteiger partial charge in [0, 0.05) is 12.3 Å². The van der Waals surface area contributed by atoms with Gasteiger partial charge in [0.25, 0.3) is 0 Å². The van der Waals surface area contributed by atoms with Crippen LogP contribution >= 0.6 is 0 Å². The largest absolute Gasteiger partial charge is 0.379 e. The number of nitrogens with zero attached hydrogens (tertiary/aromatic N) is 2. The minimum Gasteiger partial charge on any atom is -0.379 e. The van der Waals surface area contributed by atoms with E-state index in [-0.39, 0.29) is 11.9 Å². The van der Waals surface area contributed by atoms with Gasteiger partial charge in [0.1, 0.15) is 5.25 Å². The standard InChI is InChI=1S/C10H17N3O4S/c1-6(18(3,14)15)8-12-9(17-13-8)10(2)5-16-4-7(10)11/h6-7H,4-5,11H2,1-3H3. The number of hydrogen-bond donors (Lipinski definition) is 1. The van der Waals surface area contributed by atoms with Gasteiger partial charge in [-0.25, -0.2) is 8.42 Å². The van der Waals surface area contributed by atoms with E-state index < -0.39 is 20.5 Å². The summed E-state index contributed by atoms with van der Waals surface area (Å²) in [5, 5.41) is 2.94. The molecule has 0 saturated carbocycles. The van der Waals surface area contributed by atoms with Gasteiger partial charge >= 0.3 is 0 Å². The van der Waals surface area contributed by atoms with Crippen molar-refractivity contribution in [3.05, 3.63) is 11.7 Å². The van der Waals surface area contributed by atoms with Crippen LogP contribution in [0.25, 0.3) is 0 Å². The first-order valence-corrected chi connectivity index (χ1v) is 7.57. The van der Waals surface area contributed by atoms with E-state index in [1.165, 1.54) is 6.92 Å². The molecule has 7 nitrogen and oxygen atoms in total. The van der Waals surface area contributed by atoms with Crippen molar-refractivity contribution < 1.29 is 17.7 Å². The summed E-state index contributed by atoms with van der Waals surface area (Å²) in [5.74, 6) is 0.492. The highest BCUT2D eigenvalue weighted by atomic mass is 32.2. The number of hydrogen-bond acceptors (Lipinski definition) is 7. The maximum Gasteiger partial charge on any atom is 0.236 e. The number of nitrogens with two attached hydrogens (primary N) is 1. The first-order chi connectivity index (χ1) is 8.25. The van der Waals surface area contributed by atoms with Crippen LogP contribution in [0.5, 0.6) is 0 Å². The van der Waals surface area contributed by atoms with Gasteiger partial charge in [0.05, 0.1) is 18.6 Å². The van der Waals surface area contributed by atoms with Crippen molar-refractivity contribution in [3.8, 4) is 0 Å². The molecule has 102 valence electrons. The monoisotopic (exact) mass is 275 g/mol. The molecule has 8 heteroatoms. The zero-order valence-electron chi connectivity index (χ0n) is 10.6. The molecule has 3 unspecified atom stereocenters. The molecule has 2 N–H and O–H groups in total. The Morgan fingerprint density at radius 2 is 2.22 bits per heavy atom. The van der Waals surface area contributed by atoms with Crippen LogP contribution in [0.4, 0.5) is 0 Å². The third-order valence-corrected chi connectivity index (χ3v) is 4.95. The Hall–Kier alpha value is -0.990. The van der Waals surface area contributed by atoms with E-state index in [9.17, 15) is 8.42 Å².